The molecule has 4 saturated carbocycles. The van der Waals surface area contributed by atoms with Crippen molar-refractivity contribution in [3.05, 3.63) is 47.5 Å². The highest BCUT2D eigenvalue weighted by molar-refractivity contribution is 5.89. The molecule has 4 aliphatic carbocycles. The van der Waals surface area contributed by atoms with Crippen LogP contribution >= 0.6 is 0 Å². The molecule has 218 valence electrons. The van der Waals surface area contributed by atoms with Crippen LogP contribution in [0, 0.1) is 34.5 Å². The third-order valence-corrected chi connectivity index (χ3v) is 12.6. The molecule has 0 spiro atoms. The molecule has 0 saturated heterocycles. The lowest BCUT2D eigenvalue weighted by Crippen LogP contribution is -2.60. The molecule has 2 amide bonds. The van der Waals surface area contributed by atoms with E-state index in [1.807, 2.05) is 0 Å². The van der Waals surface area contributed by atoms with Gasteiger partial charge in [0.1, 0.15) is 0 Å². The molecular weight excluding hydrogens is 492 g/mol. The highest BCUT2D eigenvalue weighted by atomic mass is 16.2. The number of carbonyl (C=O) groups excluding carboxylic acids is 2. The third-order valence-electron chi connectivity index (χ3n) is 12.6. The van der Waals surface area contributed by atoms with Crippen LogP contribution in [0.1, 0.15) is 123 Å². The van der Waals surface area contributed by atoms with E-state index in [4.69, 9.17) is 0 Å². The molecule has 4 heteroatoms. The minimum atomic E-state index is -0.244. The van der Waals surface area contributed by atoms with E-state index in [1.54, 1.807) is 6.08 Å². The molecule has 0 aromatic heterocycles. The number of fused-ring (bicyclic) bond motifs is 5. The number of benzene rings is 1. The van der Waals surface area contributed by atoms with E-state index >= 15 is 0 Å². The standard InChI is InChI=1S/C36H52N2O2/c1-33(2,3)24-10-12-25(13-11-24)36(20-8-6-7-9-21-36)38-32(40)29-16-15-27-26-14-17-30-35(5,23-19-31(39)37-30)28(26)18-22-34(27,29)4/h10-13,19,23,26-30H,6-9,14-18,20-22H2,1-5H3,(H,37,39)(H,38,40)/t26-,27-,28+,29?,30?,34-,35+/m0/s1. The van der Waals surface area contributed by atoms with Gasteiger partial charge >= 0.3 is 0 Å². The number of amides is 2. The van der Waals surface area contributed by atoms with E-state index in [9.17, 15) is 9.59 Å². The summed E-state index contributed by atoms with van der Waals surface area (Å²) >= 11 is 0. The van der Waals surface area contributed by atoms with Crippen LogP contribution in [0.5, 0.6) is 0 Å². The molecule has 5 aliphatic rings. The second-order valence-electron chi connectivity index (χ2n) is 15.7. The summed E-state index contributed by atoms with van der Waals surface area (Å²) in [5, 5.41) is 7.06. The second-order valence-corrected chi connectivity index (χ2v) is 15.7. The number of hydrogen-bond donors (Lipinski definition) is 2. The summed E-state index contributed by atoms with van der Waals surface area (Å²) in [6.07, 6.45) is 17.7. The molecule has 6 rings (SSSR count). The molecule has 7 atom stereocenters. The quantitative estimate of drug-likeness (QED) is 0.386. The molecule has 40 heavy (non-hydrogen) atoms. The van der Waals surface area contributed by atoms with Crippen LogP contribution < -0.4 is 10.6 Å². The van der Waals surface area contributed by atoms with Crippen molar-refractivity contribution >= 4 is 11.8 Å². The zero-order valence-corrected chi connectivity index (χ0v) is 25.7. The fraction of sp³-hybridized carbons (Fsp3) is 0.722. The number of nitrogens with one attached hydrogen (secondary N) is 2. The van der Waals surface area contributed by atoms with Gasteiger partial charge in [0.15, 0.2) is 0 Å². The normalized spacial score (nSPS) is 38.8. The van der Waals surface area contributed by atoms with Gasteiger partial charge in [0, 0.05) is 17.4 Å². The molecule has 0 radical (unpaired) electrons. The van der Waals surface area contributed by atoms with Gasteiger partial charge in [-0.15, -0.1) is 0 Å². The SMILES string of the molecule is CC(C)(C)c1ccc(C2(NC(=O)C3CC[C@H]4[C@@H]5CCC6NC(=O)C=C[C@]6(C)[C@@H]5CC[C@]34C)CCCCCC2)cc1. The number of carbonyl (C=O) groups is 2. The summed E-state index contributed by atoms with van der Waals surface area (Å²) in [4.78, 5) is 26.5. The van der Waals surface area contributed by atoms with E-state index < -0.39 is 0 Å². The van der Waals surface area contributed by atoms with E-state index in [0.29, 0.717) is 23.7 Å². The van der Waals surface area contributed by atoms with Crippen molar-refractivity contribution in [3.63, 3.8) is 0 Å². The maximum absolute atomic E-state index is 14.4. The highest BCUT2D eigenvalue weighted by Gasteiger charge is 2.61. The zero-order chi connectivity index (χ0) is 28.3. The minimum Gasteiger partial charge on any atom is -0.349 e. The lowest BCUT2D eigenvalue weighted by atomic mass is 9.48. The van der Waals surface area contributed by atoms with Crippen LogP contribution in [0.15, 0.2) is 36.4 Å². The molecule has 2 unspecified atom stereocenters. The van der Waals surface area contributed by atoms with Gasteiger partial charge in [-0.3, -0.25) is 9.59 Å². The van der Waals surface area contributed by atoms with Gasteiger partial charge in [-0.1, -0.05) is 90.6 Å². The molecule has 1 aromatic rings. The Kier molecular flexibility index (Phi) is 7.02. The first-order chi connectivity index (χ1) is 19.0. The summed E-state index contributed by atoms with van der Waals surface area (Å²) in [5.74, 6) is 2.32. The first kappa shape index (κ1) is 28.0. The van der Waals surface area contributed by atoms with Gasteiger partial charge < -0.3 is 10.6 Å². The van der Waals surface area contributed by atoms with Crippen LogP contribution in [0.25, 0.3) is 0 Å². The summed E-state index contributed by atoms with van der Waals surface area (Å²) in [7, 11) is 0. The topological polar surface area (TPSA) is 58.2 Å². The van der Waals surface area contributed by atoms with Crippen LogP contribution in [0.2, 0.25) is 0 Å². The Bertz CT molecular complexity index is 1150. The lowest BCUT2D eigenvalue weighted by molar-refractivity contribution is -0.136. The van der Waals surface area contributed by atoms with Crippen molar-refractivity contribution in [1.29, 1.82) is 0 Å². The maximum atomic E-state index is 14.4. The fourth-order valence-corrected chi connectivity index (χ4v) is 10.2. The van der Waals surface area contributed by atoms with Crippen LogP contribution in [0.3, 0.4) is 0 Å². The van der Waals surface area contributed by atoms with Gasteiger partial charge in [0.2, 0.25) is 11.8 Å². The molecular formula is C36H52N2O2. The van der Waals surface area contributed by atoms with Gasteiger partial charge in [-0.05, 0) is 97.2 Å². The van der Waals surface area contributed by atoms with Gasteiger partial charge in [0.25, 0.3) is 0 Å². The van der Waals surface area contributed by atoms with Crippen molar-refractivity contribution in [2.24, 2.45) is 34.5 Å². The fourth-order valence-electron chi connectivity index (χ4n) is 10.2. The maximum Gasteiger partial charge on any atom is 0.243 e. The Morgan fingerprint density at radius 2 is 1.57 bits per heavy atom. The van der Waals surface area contributed by atoms with Crippen molar-refractivity contribution < 1.29 is 9.59 Å². The molecule has 2 N–H and O–H groups in total. The largest absolute Gasteiger partial charge is 0.349 e. The highest BCUT2D eigenvalue weighted by Crippen LogP contribution is 2.65. The second kappa shape index (κ2) is 10.0. The third kappa shape index (κ3) is 4.56. The smallest absolute Gasteiger partial charge is 0.243 e. The summed E-state index contributed by atoms with van der Waals surface area (Å²) in [6, 6.07) is 9.47. The van der Waals surface area contributed by atoms with Gasteiger partial charge in [-0.2, -0.15) is 0 Å². The van der Waals surface area contributed by atoms with Crippen molar-refractivity contribution in [3.8, 4) is 0 Å². The summed E-state index contributed by atoms with van der Waals surface area (Å²) < 4.78 is 0. The Morgan fingerprint density at radius 1 is 0.875 bits per heavy atom. The first-order valence-corrected chi connectivity index (χ1v) is 16.4. The van der Waals surface area contributed by atoms with Crippen molar-refractivity contribution in [2.75, 3.05) is 0 Å². The monoisotopic (exact) mass is 544 g/mol. The molecule has 4 fully saturated rings. The molecule has 1 heterocycles. The van der Waals surface area contributed by atoms with Crippen molar-refractivity contribution in [2.45, 2.75) is 129 Å². The lowest BCUT2D eigenvalue weighted by Gasteiger charge is -2.58. The average Bonchev–Trinajstić information content (AvgIpc) is 3.10. The van der Waals surface area contributed by atoms with Crippen LogP contribution in [-0.2, 0) is 20.5 Å². The van der Waals surface area contributed by atoms with Gasteiger partial charge in [0.05, 0.1) is 5.54 Å². The van der Waals surface area contributed by atoms with Crippen molar-refractivity contribution in [1.82, 2.24) is 10.6 Å². The predicted molar refractivity (Wildman–Crippen MR) is 162 cm³/mol. The molecule has 1 aromatic carbocycles. The zero-order valence-electron chi connectivity index (χ0n) is 25.7. The Morgan fingerprint density at radius 3 is 2.25 bits per heavy atom. The molecule has 0 bridgehead atoms. The van der Waals surface area contributed by atoms with Crippen LogP contribution in [0.4, 0.5) is 0 Å². The Hall–Kier alpha value is -2.10. The number of hydrogen-bond acceptors (Lipinski definition) is 2. The predicted octanol–water partition coefficient (Wildman–Crippen LogP) is 7.56. The average molecular weight is 545 g/mol. The summed E-state index contributed by atoms with van der Waals surface area (Å²) in [6.45, 7) is 11.6. The summed E-state index contributed by atoms with van der Waals surface area (Å²) in [5.41, 5.74) is 2.65. The van der Waals surface area contributed by atoms with Gasteiger partial charge in [-0.25, -0.2) is 0 Å². The van der Waals surface area contributed by atoms with E-state index in [1.165, 1.54) is 49.7 Å². The van der Waals surface area contributed by atoms with E-state index in [-0.39, 0.29) is 39.7 Å². The minimum absolute atomic E-state index is 0.0438. The Labute approximate surface area is 242 Å². The first-order valence-electron chi connectivity index (χ1n) is 16.4. The van der Waals surface area contributed by atoms with E-state index in [0.717, 1.165) is 38.5 Å². The molecule has 1 aliphatic heterocycles. The Balaban J connectivity index is 1.24. The van der Waals surface area contributed by atoms with Crippen LogP contribution in [-0.4, -0.2) is 17.9 Å². The van der Waals surface area contributed by atoms with E-state index in [2.05, 4.69) is 75.6 Å². The molecule has 4 nitrogen and oxygen atoms in total. The number of rotatable bonds is 3.